The van der Waals surface area contributed by atoms with E-state index >= 15 is 0 Å². The van der Waals surface area contributed by atoms with Crippen LogP contribution in [0.25, 0.3) is 0 Å². The highest BCUT2D eigenvalue weighted by molar-refractivity contribution is 6.06. The van der Waals surface area contributed by atoms with Crippen LogP contribution in [0.1, 0.15) is 61.3 Å². The van der Waals surface area contributed by atoms with Crippen LogP contribution in [0.5, 0.6) is 0 Å². The number of esters is 1. The number of hydrogen-bond acceptors (Lipinski definition) is 4. The predicted octanol–water partition coefficient (Wildman–Crippen LogP) is 3.59. The minimum Gasteiger partial charge on any atom is -0.465 e. The zero-order valence-electron chi connectivity index (χ0n) is 15.2. The van der Waals surface area contributed by atoms with Gasteiger partial charge in [-0.05, 0) is 57.7 Å². The molecular formula is C20H26O4. The molecule has 0 N–H and O–H groups in total. The molecule has 2 atom stereocenters. The second-order valence-electron chi connectivity index (χ2n) is 6.86. The summed E-state index contributed by atoms with van der Waals surface area (Å²) in [4.78, 5) is 37.6. The first-order valence-corrected chi connectivity index (χ1v) is 8.51. The number of ketones is 2. The lowest BCUT2D eigenvalue weighted by molar-refractivity contribution is -0.164. The van der Waals surface area contributed by atoms with E-state index < -0.39 is 17.3 Å². The summed E-state index contributed by atoms with van der Waals surface area (Å²) in [5.74, 6) is -1.05. The Morgan fingerprint density at radius 1 is 1.21 bits per heavy atom. The van der Waals surface area contributed by atoms with Gasteiger partial charge < -0.3 is 4.74 Å². The van der Waals surface area contributed by atoms with Gasteiger partial charge in [-0.2, -0.15) is 0 Å². The van der Waals surface area contributed by atoms with Crippen LogP contribution >= 0.6 is 0 Å². The van der Waals surface area contributed by atoms with Crippen molar-refractivity contribution in [1.29, 1.82) is 0 Å². The summed E-state index contributed by atoms with van der Waals surface area (Å²) < 4.78 is 5.27. The Balaban J connectivity index is 2.67. The summed E-state index contributed by atoms with van der Waals surface area (Å²) in [5.41, 5.74) is 2.84. The van der Waals surface area contributed by atoms with Gasteiger partial charge in [-0.15, -0.1) is 0 Å². The third-order valence-corrected chi connectivity index (χ3v) is 5.18. The van der Waals surface area contributed by atoms with Crippen LogP contribution in [0.15, 0.2) is 12.1 Å². The SMILES string of the molecule is CCOC(=O)C1(C(C)=O)CCC(=O)CC1c1c(C)cc(C)cc1C. The van der Waals surface area contributed by atoms with Gasteiger partial charge in [-0.25, -0.2) is 0 Å². The van der Waals surface area contributed by atoms with Crippen LogP contribution in [0, 0.1) is 26.2 Å². The number of benzene rings is 1. The summed E-state index contributed by atoms with van der Waals surface area (Å²) in [7, 11) is 0. The smallest absolute Gasteiger partial charge is 0.320 e. The average Bonchev–Trinajstić information content (AvgIpc) is 2.46. The Bertz CT molecular complexity index is 666. The van der Waals surface area contributed by atoms with Gasteiger partial charge in [0.1, 0.15) is 17.0 Å². The van der Waals surface area contributed by atoms with Crippen molar-refractivity contribution in [2.45, 2.75) is 59.8 Å². The highest BCUT2D eigenvalue weighted by atomic mass is 16.5. The maximum atomic E-state index is 12.8. The third kappa shape index (κ3) is 3.02. The van der Waals surface area contributed by atoms with E-state index in [1.165, 1.54) is 6.92 Å². The second kappa shape index (κ2) is 6.88. The molecule has 1 aliphatic rings. The lowest BCUT2D eigenvalue weighted by atomic mass is 9.60. The Morgan fingerprint density at radius 2 is 1.79 bits per heavy atom. The Morgan fingerprint density at radius 3 is 2.29 bits per heavy atom. The van der Waals surface area contributed by atoms with E-state index in [-0.39, 0.29) is 37.4 Å². The average molecular weight is 330 g/mol. The summed E-state index contributed by atoms with van der Waals surface area (Å²) >= 11 is 0. The highest BCUT2D eigenvalue weighted by Crippen LogP contribution is 2.49. The zero-order valence-corrected chi connectivity index (χ0v) is 15.2. The topological polar surface area (TPSA) is 60.4 Å². The molecule has 0 saturated heterocycles. The number of ether oxygens (including phenoxy) is 1. The number of carbonyl (C=O) groups is 3. The predicted molar refractivity (Wildman–Crippen MR) is 92.0 cm³/mol. The highest BCUT2D eigenvalue weighted by Gasteiger charge is 2.55. The molecule has 4 heteroatoms. The Kier molecular flexibility index (Phi) is 5.26. The van der Waals surface area contributed by atoms with Crippen molar-refractivity contribution in [2.75, 3.05) is 6.61 Å². The molecule has 4 nitrogen and oxygen atoms in total. The summed E-state index contributed by atoms with van der Waals surface area (Å²) in [5, 5.41) is 0. The molecule has 0 amide bonds. The second-order valence-corrected chi connectivity index (χ2v) is 6.86. The molecule has 1 fully saturated rings. The van der Waals surface area contributed by atoms with Gasteiger partial charge >= 0.3 is 5.97 Å². The van der Waals surface area contributed by atoms with Gasteiger partial charge in [0, 0.05) is 18.8 Å². The summed E-state index contributed by atoms with van der Waals surface area (Å²) in [6, 6.07) is 4.08. The largest absolute Gasteiger partial charge is 0.465 e. The molecule has 0 aliphatic heterocycles. The van der Waals surface area contributed by atoms with Crippen LogP contribution in [0.2, 0.25) is 0 Å². The molecule has 130 valence electrons. The third-order valence-electron chi connectivity index (χ3n) is 5.18. The molecule has 0 spiro atoms. The van der Waals surface area contributed by atoms with Crippen LogP contribution in [-0.4, -0.2) is 24.1 Å². The fourth-order valence-corrected chi connectivity index (χ4v) is 4.17. The van der Waals surface area contributed by atoms with Crippen molar-refractivity contribution >= 4 is 17.5 Å². The lowest BCUT2D eigenvalue weighted by Crippen LogP contribution is -2.48. The van der Waals surface area contributed by atoms with Gasteiger partial charge in [0.25, 0.3) is 0 Å². The molecule has 0 heterocycles. The first kappa shape index (κ1) is 18.4. The monoisotopic (exact) mass is 330 g/mol. The molecule has 24 heavy (non-hydrogen) atoms. The minimum atomic E-state index is -1.26. The lowest BCUT2D eigenvalue weighted by Gasteiger charge is -2.41. The van der Waals surface area contributed by atoms with Crippen LogP contribution in [0.4, 0.5) is 0 Å². The fourth-order valence-electron chi connectivity index (χ4n) is 4.17. The maximum absolute atomic E-state index is 12.8. The van der Waals surface area contributed by atoms with E-state index in [9.17, 15) is 14.4 Å². The number of carbonyl (C=O) groups excluding carboxylic acids is 3. The van der Waals surface area contributed by atoms with Crippen molar-refractivity contribution in [3.8, 4) is 0 Å². The van der Waals surface area contributed by atoms with Crippen molar-refractivity contribution in [1.82, 2.24) is 0 Å². The Labute approximate surface area is 143 Å². The molecule has 1 saturated carbocycles. The van der Waals surface area contributed by atoms with Crippen molar-refractivity contribution in [3.63, 3.8) is 0 Å². The van der Waals surface area contributed by atoms with E-state index in [1.54, 1.807) is 6.92 Å². The molecule has 2 rings (SSSR count). The standard InChI is InChI=1S/C20H26O4/c1-6-24-19(23)20(15(5)21)8-7-16(22)11-17(20)18-13(3)9-12(2)10-14(18)4/h9-10,17H,6-8,11H2,1-5H3. The van der Waals surface area contributed by atoms with Crippen LogP contribution < -0.4 is 0 Å². The van der Waals surface area contributed by atoms with E-state index in [0.29, 0.717) is 0 Å². The zero-order chi connectivity index (χ0) is 18.1. The van der Waals surface area contributed by atoms with Crippen LogP contribution in [-0.2, 0) is 19.1 Å². The van der Waals surface area contributed by atoms with Crippen molar-refractivity contribution in [2.24, 2.45) is 5.41 Å². The molecule has 0 aromatic heterocycles. The van der Waals surface area contributed by atoms with Gasteiger partial charge in [-0.1, -0.05) is 17.7 Å². The molecule has 1 aromatic carbocycles. The number of hydrogen-bond donors (Lipinski definition) is 0. The molecule has 0 bridgehead atoms. The first-order valence-electron chi connectivity index (χ1n) is 8.51. The quantitative estimate of drug-likeness (QED) is 0.625. The molecular weight excluding hydrogens is 304 g/mol. The summed E-state index contributed by atoms with van der Waals surface area (Å²) in [6.07, 6.45) is 0.694. The molecule has 0 radical (unpaired) electrons. The summed E-state index contributed by atoms with van der Waals surface area (Å²) in [6.45, 7) is 9.37. The van der Waals surface area contributed by atoms with E-state index in [1.807, 2.05) is 32.9 Å². The number of Topliss-reactive ketones (excluding diaryl/α,β-unsaturated/α-hetero) is 2. The van der Waals surface area contributed by atoms with Crippen molar-refractivity contribution < 1.29 is 19.1 Å². The van der Waals surface area contributed by atoms with E-state index in [2.05, 4.69) is 0 Å². The van der Waals surface area contributed by atoms with Gasteiger partial charge in [-0.3, -0.25) is 14.4 Å². The van der Waals surface area contributed by atoms with Crippen molar-refractivity contribution in [3.05, 3.63) is 34.4 Å². The number of rotatable bonds is 4. The van der Waals surface area contributed by atoms with Gasteiger partial charge in [0.15, 0.2) is 0 Å². The minimum absolute atomic E-state index is 0.0977. The maximum Gasteiger partial charge on any atom is 0.320 e. The molecule has 1 aromatic rings. The first-order chi connectivity index (χ1) is 11.2. The van der Waals surface area contributed by atoms with Gasteiger partial charge in [0.2, 0.25) is 0 Å². The molecule has 1 aliphatic carbocycles. The molecule has 2 unspecified atom stereocenters. The van der Waals surface area contributed by atoms with Gasteiger partial charge in [0.05, 0.1) is 6.61 Å². The van der Waals surface area contributed by atoms with Crippen LogP contribution in [0.3, 0.4) is 0 Å². The number of aryl methyl sites for hydroxylation is 3. The normalized spacial score (nSPS) is 23.9. The fraction of sp³-hybridized carbons (Fsp3) is 0.550. The van der Waals surface area contributed by atoms with E-state index in [4.69, 9.17) is 4.74 Å². The Hall–Kier alpha value is -1.97. The van der Waals surface area contributed by atoms with E-state index in [0.717, 1.165) is 22.3 Å².